The van der Waals surface area contributed by atoms with Gasteiger partial charge in [-0.15, -0.1) is 0 Å². The summed E-state index contributed by atoms with van der Waals surface area (Å²) in [5.74, 6) is 2.19. The minimum absolute atomic E-state index is 0.541. The predicted octanol–water partition coefficient (Wildman–Crippen LogP) is 4.64. The summed E-state index contributed by atoms with van der Waals surface area (Å²) in [7, 11) is 0. The molecule has 3 unspecified atom stereocenters. The van der Waals surface area contributed by atoms with Crippen molar-refractivity contribution in [3.05, 3.63) is 0 Å². The molecule has 0 amide bonds. The number of alkyl halides is 1. The fourth-order valence-electron chi connectivity index (χ4n) is 2.52. The summed E-state index contributed by atoms with van der Waals surface area (Å²) in [5.41, 5.74) is 0. The fourth-order valence-corrected chi connectivity index (χ4v) is 3.46. The first-order valence-corrected chi connectivity index (χ1v) is 7.98. The lowest BCUT2D eigenvalue weighted by molar-refractivity contribution is -0.0304. The van der Waals surface area contributed by atoms with Crippen molar-refractivity contribution in [2.45, 2.75) is 59.0 Å². The van der Waals surface area contributed by atoms with Crippen LogP contribution in [-0.2, 0) is 4.74 Å². The molecule has 1 aliphatic carbocycles. The second-order valence-electron chi connectivity index (χ2n) is 5.48. The van der Waals surface area contributed by atoms with Crippen LogP contribution in [0, 0.1) is 17.8 Å². The molecule has 2 heteroatoms. The van der Waals surface area contributed by atoms with Gasteiger partial charge in [0, 0.05) is 5.33 Å². The summed E-state index contributed by atoms with van der Waals surface area (Å²) < 4.78 is 6.17. The van der Waals surface area contributed by atoms with Gasteiger partial charge < -0.3 is 4.74 Å². The molecule has 96 valence electrons. The van der Waals surface area contributed by atoms with Gasteiger partial charge in [0.15, 0.2) is 0 Å². The van der Waals surface area contributed by atoms with E-state index in [1.165, 1.54) is 32.1 Å². The van der Waals surface area contributed by atoms with E-state index in [-0.39, 0.29) is 0 Å². The lowest BCUT2D eigenvalue weighted by Gasteiger charge is -2.32. The largest absolute Gasteiger partial charge is 0.378 e. The summed E-state index contributed by atoms with van der Waals surface area (Å²) in [4.78, 5) is 0. The standard InChI is InChI=1S/C14H27BrO/c1-4-12-7-5-6-8-14(12)16-10-13(9-15)11(2)3/h11-14H,4-10H2,1-3H3. The highest BCUT2D eigenvalue weighted by Gasteiger charge is 2.25. The molecular formula is C14H27BrO. The van der Waals surface area contributed by atoms with Gasteiger partial charge in [-0.2, -0.15) is 0 Å². The minimum Gasteiger partial charge on any atom is -0.378 e. The lowest BCUT2D eigenvalue weighted by atomic mass is 9.84. The van der Waals surface area contributed by atoms with Crippen molar-refractivity contribution in [3.63, 3.8) is 0 Å². The van der Waals surface area contributed by atoms with Crippen molar-refractivity contribution in [1.82, 2.24) is 0 Å². The van der Waals surface area contributed by atoms with Crippen molar-refractivity contribution in [3.8, 4) is 0 Å². The second kappa shape index (κ2) is 7.71. The van der Waals surface area contributed by atoms with E-state index in [9.17, 15) is 0 Å². The maximum absolute atomic E-state index is 6.17. The molecule has 0 heterocycles. The monoisotopic (exact) mass is 290 g/mol. The van der Waals surface area contributed by atoms with Crippen molar-refractivity contribution in [2.75, 3.05) is 11.9 Å². The predicted molar refractivity (Wildman–Crippen MR) is 74.1 cm³/mol. The average molecular weight is 291 g/mol. The van der Waals surface area contributed by atoms with Crippen molar-refractivity contribution in [1.29, 1.82) is 0 Å². The van der Waals surface area contributed by atoms with E-state index in [0.29, 0.717) is 17.9 Å². The first-order valence-electron chi connectivity index (χ1n) is 6.86. The zero-order valence-corrected chi connectivity index (χ0v) is 12.6. The molecule has 0 N–H and O–H groups in total. The molecule has 1 saturated carbocycles. The Bertz CT molecular complexity index is 182. The molecule has 0 aromatic rings. The Hall–Kier alpha value is 0.440. The Kier molecular flexibility index (Phi) is 6.98. The van der Waals surface area contributed by atoms with Gasteiger partial charge in [0.25, 0.3) is 0 Å². The first-order chi connectivity index (χ1) is 7.69. The number of rotatable bonds is 6. The number of ether oxygens (including phenoxy) is 1. The lowest BCUT2D eigenvalue weighted by Crippen LogP contribution is -2.30. The number of hydrogen-bond acceptors (Lipinski definition) is 1. The maximum atomic E-state index is 6.17. The van der Waals surface area contributed by atoms with Gasteiger partial charge in [0.2, 0.25) is 0 Å². The first kappa shape index (κ1) is 14.5. The van der Waals surface area contributed by atoms with Gasteiger partial charge in [-0.05, 0) is 30.6 Å². The molecule has 1 nitrogen and oxygen atoms in total. The Morgan fingerprint density at radius 1 is 1.25 bits per heavy atom. The van der Waals surface area contributed by atoms with E-state index in [0.717, 1.165) is 17.9 Å². The van der Waals surface area contributed by atoms with Gasteiger partial charge in [-0.1, -0.05) is 56.0 Å². The third-order valence-electron chi connectivity index (χ3n) is 4.03. The number of halogens is 1. The van der Waals surface area contributed by atoms with Crippen LogP contribution in [0.25, 0.3) is 0 Å². The SMILES string of the molecule is CCC1CCCCC1OCC(CBr)C(C)C. The highest BCUT2D eigenvalue weighted by atomic mass is 79.9. The molecule has 3 atom stereocenters. The van der Waals surface area contributed by atoms with E-state index < -0.39 is 0 Å². The molecule has 0 spiro atoms. The van der Waals surface area contributed by atoms with Crippen molar-refractivity contribution >= 4 is 15.9 Å². The van der Waals surface area contributed by atoms with Crippen LogP contribution in [0.3, 0.4) is 0 Å². The van der Waals surface area contributed by atoms with E-state index in [2.05, 4.69) is 36.7 Å². The summed E-state index contributed by atoms with van der Waals surface area (Å²) in [5, 5.41) is 1.06. The van der Waals surface area contributed by atoms with Crippen LogP contribution >= 0.6 is 15.9 Å². The zero-order chi connectivity index (χ0) is 12.0. The van der Waals surface area contributed by atoms with Gasteiger partial charge in [-0.25, -0.2) is 0 Å². The highest BCUT2D eigenvalue weighted by Crippen LogP contribution is 2.30. The molecule has 1 fully saturated rings. The van der Waals surface area contributed by atoms with Crippen LogP contribution in [0.15, 0.2) is 0 Å². The van der Waals surface area contributed by atoms with Gasteiger partial charge in [0.05, 0.1) is 12.7 Å². The van der Waals surface area contributed by atoms with E-state index >= 15 is 0 Å². The average Bonchev–Trinajstić information content (AvgIpc) is 2.30. The summed E-state index contributed by atoms with van der Waals surface area (Å²) in [6.45, 7) is 7.81. The summed E-state index contributed by atoms with van der Waals surface area (Å²) >= 11 is 3.59. The van der Waals surface area contributed by atoms with E-state index in [4.69, 9.17) is 4.74 Å². The zero-order valence-electron chi connectivity index (χ0n) is 11.0. The van der Waals surface area contributed by atoms with Crippen LogP contribution in [0.4, 0.5) is 0 Å². The third kappa shape index (κ3) is 4.37. The number of hydrogen-bond donors (Lipinski definition) is 0. The molecule has 0 bridgehead atoms. The Balaban J connectivity index is 2.34. The smallest absolute Gasteiger partial charge is 0.0603 e. The summed E-state index contributed by atoms with van der Waals surface area (Å²) in [6, 6.07) is 0. The van der Waals surface area contributed by atoms with E-state index in [1.54, 1.807) is 0 Å². The fraction of sp³-hybridized carbons (Fsp3) is 1.00. The molecule has 1 rings (SSSR count). The topological polar surface area (TPSA) is 9.23 Å². The minimum atomic E-state index is 0.541. The molecule has 0 aromatic heterocycles. The quantitative estimate of drug-likeness (QED) is 0.648. The van der Waals surface area contributed by atoms with Crippen LogP contribution in [0.2, 0.25) is 0 Å². The van der Waals surface area contributed by atoms with Gasteiger partial charge >= 0.3 is 0 Å². The summed E-state index contributed by atoms with van der Waals surface area (Å²) in [6.07, 6.45) is 7.25. The van der Waals surface area contributed by atoms with Crippen LogP contribution in [0.5, 0.6) is 0 Å². The second-order valence-corrected chi connectivity index (χ2v) is 6.13. The normalized spacial score (nSPS) is 28.3. The maximum Gasteiger partial charge on any atom is 0.0603 e. The van der Waals surface area contributed by atoms with E-state index in [1.807, 2.05) is 0 Å². The molecule has 0 saturated heterocycles. The third-order valence-corrected chi connectivity index (χ3v) is 4.86. The van der Waals surface area contributed by atoms with Crippen LogP contribution in [0.1, 0.15) is 52.9 Å². The molecular weight excluding hydrogens is 264 g/mol. The molecule has 1 aliphatic rings. The van der Waals surface area contributed by atoms with Crippen molar-refractivity contribution in [2.24, 2.45) is 17.8 Å². The van der Waals surface area contributed by atoms with Crippen LogP contribution in [-0.4, -0.2) is 18.0 Å². The Morgan fingerprint density at radius 3 is 2.50 bits per heavy atom. The molecule has 16 heavy (non-hydrogen) atoms. The van der Waals surface area contributed by atoms with Gasteiger partial charge in [-0.3, -0.25) is 0 Å². The highest BCUT2D eigenvalue weighted by molar-refractivity contribution is 9.09. The Labute approximate surface area is 109 Å². The van der Waals surface area contributed by atoms with Crippen LogP contribution < -0.4 is 0 Å². The molecule has 0 aliphatic heterocycles. The molecule has 0 aromatic carbocycles. The van der Waals surface area contributed by atoms with Crippen molar-refractivity contribution < 1.29 is 4.74 Å². The Morgan fingerprint density at radius 2 is 1.94 bits per heavy atom. The van der Waals surface area contributed by atoms with Gasteiger partial charge in [0.1, 0.15) is 0 Å². The molecule has 0 radical (unpaired) electrons.